The van der Waals surface area contributed by atoms with Gasteiger partial charge in [-0.25, -0.2) is 4.98 Å². The third-order valence-electron chi connectivity index (χ3n) is 2.09. The van der Waals surface area contributed by atoms with Crippen molar-refractivity contribution in [1.29, 1.82) is 0 Å². The summed E-state index contributed by atoms with van der Waals surface area (Å²) in [5, 5.41) is 0. The van der Waals surface area contributed by atoms with Crippen LogP contribution in [0.1, 0.15) is 11.4 Å². The Bertz CT molecular complexity index is 395. The number of hydrogen-bond acceptors (Lipinski definition) is 1. The minimum Gasteiger partial charge on any atom is -0.349 e. The van der Waals surface area contributed by atoms with Crippen LogP contribution in [0.25, 0.3) is 0 Å². The highest BCUT2D eigenvalue weighted by Crippen LogP contribution is 2.12. The summed E-state index contributed by atoms with van der Waals surface area (Å²) >= 11 is 3.46. The molecule has 2 rings (SSSR count). The molecule has 0 bridgehead atoms. The fourth-order valence-corrected chi connectivity index (χ4v) is 1.84. The number of aryl methyl sites for hydroxylation is 2. The van der Waals surface area contributed by atoms with Crippen LogP contribution in [0.3, 0.4) is 0 Å². The number of H-pyrrole nitrogens is 1. The average Bonchev–Trinajstić information content (AvgIpc) is 2.67. The molecule has 0 amide bonds. The van der Waals surface area contributed by atoms with Gasteiger partial charge < -0.3 is 4.98 Å². The summed E-state index contributed by atoms with van der Waals surface area (Å²) < 4.78 is 1.13. The van der Waals surface area contributed by atoms with Crippen molar-refractivity contribution in [3.8, 4) is 0 Å². The molecule has 0 aliphatic rings. The monoisotopic (exact) mass is 250 g/mol. The lowest BCUT2D eigenvalue weighted by atomic mass is 10.1. The Balaban J connectivity index is 1.98. The molecule has 72 valence electrons. The lowest BCUT2D eigenvalue weighted by molar-refractivity contribution is 0.884. The molecule has 1 aromatic heterocycles. The van der Waals surface area contributed by atoms with E-state index in [0.717, 1.165) is 23.1 Å². The molecular weight excluding hydrogens is 240 g/mol. The van der Waals surface area contributed by atoms with E-state index >= 15 is 0 Å². The molecular formula is C11H11BrN2. The second-order valence-corrected chi connectivity index (χ2v) is 4.08. The summed E-state index contributed by atoms with van der Waals surface area (Å²) in [6.45, 7) is 0. The van der Waals surface area contributed by atoms with E-state index in [1.807, 2.05) is 12.3 Å². The van der Waals surface area contributed by atoms with E-state index in [-0.39, 0.29) is 0 Å². The minimum atomic E-state index is 0.962. The van der Waals surface area contributed by atoms with Gasteiger partial charge in [-0.2, -0.15) is 0 Å². The molecule has 0 unspecified atom stereocenters. The largest absolute Gasteiger partial charge is 0.349 e. The quantitative estimate of drug-likeness (QED) is 0.892. The van der Waals surface area contributed by atoms with Crippen molar-refractivity contribution in [3.05, 3.63) is 52.5 Å². The van der Waals surface area contributed by atoms with Gasteiger partial charge in [-0.15, -0.1) is 0 Å². The summed E-state index contributed by atoms with van der Waals surface area (Å²) in [7, 11) is 0. The van der Waals surface area contributed by atoms with Gasteiger partial charge in [0.1, 0.15) is 5.82 Å². The van der Waals surface area contributed by atoms with Gasteiger partial charge in [0, 0.05) is 23.3 Å². The van der Waals surface area contributed by atoms with Crippen LogP contribution in [0, 0.1) is 0 Å². The molecule has 3 heteroatoms. The van der Waals surface area contributed by atoms with Gasteiger partial charge in [-0.1, -0.05) is 28.1 Å². The van der Waals surface area contributed by atoms with E-state index in [1.165, 1.54) is 5.56 Å². The SMILES string of the molecule is Brc1cccc(CCc2ncc[nH]2)c1. The number of halogens is 1. The average molecular weight is 251 g/mol. The highest BCUT2D eigenvalue weighted by atomic mass is 79.9. The Labute approximate surface area is 91.5 Å². The van der Waals surface area contributed by atoms with E-state index < -0.39 is 0 Å². The van der Waals surface area contributed by atoms with Crippen molar-refractivity contribution in [2.75, 3.05) is 0 Å². The topological polar surface area (TPSA) is 28.7 Å². The van der Waals surface area contributed by atoms with Gasteiger partial charge in [0.05, 0.1) is 0 Å². The number of aromatic nitrogens is 2. The summed E-state index contributed by atoms with van der Waals surface area (Å²) in [5.41, 5.74) is 1.33. The van der Waals surface area contributed by atoms with Crippen molar-refractivity contribution in [1.82, 2.24) is 9.97 Å². The second-order valence-electron chi connectivity index (χ2n) is 3.17. The molecule has 1 aromatic carbocycles. The Hall–Kier alpha value is -1.09. The summed E-state index contributed by atoms with van der Waals surface area (Å²) in [6, 6.07) is 8.37. The van der Waals surface area contributed by atoms with E-state index in [1.54, 1.807) is 6.20 Å². The van der Waals surface area contributed by atoms with Crippen LogP contribution in [-0.2, 0) is 12.8 Å². The first-order valence-electron chi connectivity index (χ1n) is 4.57. The lowest BCUT2D eigenvalue weighted by Gasteiger charge is -1.99. The molecule has 0 aliphatic heterocycles. The normalized spacial score (nSPS) is 10.4. The molecule has 2 aromatic rings. The molecule has 1 heterocycles. The highest BCUT2D eigenvalue weighted by Gasteiger charge is 1.97. The van der Waals surface area contributed by atoms with Crippen molar-refractivity contribution in [2.24, 2.45) is 0 Å². The molecule has 0 atom stereocenters. The van der Waals surface area contributed by atoms with Crippen LogP contribution < -0.4 is 0 Å². The zero-order valence-electron chi connectivity index (χ0n) is 7.70. The third kappa shape index (κ3) is 2.45. The zero-order valence-corrected chi connectivity index (χ0v) is 9.29. The number of rotatable bonds is 3. The first-order valence-corrected chi connectivity index (χ1v) is 5.36. The van der Waals surface area contributed by atoms with Gasteiger partial charge in [-0.05, 0) is 24.1 Å². The Morgan fingerprint density at radius 2 is 2.21 bits per heavy atom. The van der Waals surface area contributed by atoms with E-state index in [4.69, 9.17) is 0 Å². The van der Waals surface area contributed by atoms with Crippen molar-refractivity contribution < 1.29 is 0 Å². The Morgan fingerprint density at radius 3 is 2.93 bits per heavy atom. The van der Waals surface area contributed by atoms with E-state index in [2.05, 4.69) is 44.1 Å². The van der Waals surface area contributed by atoms with E-state index in [0.29, 0.717) is 0 Å². The standard InChI is InChI=1S/C11H11BrN2/c12-10-3-1-2-9(8-10)4-5-11-13-6-7-14-11/h1-3,6-8H,4-5H2,(H,13,14). The maximum atomic E-state index is 4.19. The van der Waals surface area contributed by atoms with Crippen molar-refractivity contribution >= 4 is 15.9 Å². The number of aromatic amines is 1. The number of nitrogens with one attached hydrogen (secondary N) is 1. The molecule has 2 nitrogen and oxygen atoms in total. The molecule has 0 fully saturated rings. The number of nitrogens with zero attached hydrogens (tertiary/aromatic N) is 1. The second kappa shape index (κ2) is 4.42. The third-order valence-corrected chi connectivity index (χ3v) is 2.59. The number of hydrogen-bond donors (Lipinski definition) is 1. The van der Waals surface area contributed by atoms with Gasteiger partial charge in [0.15, 0.2) is 0 Å². The van der Waals surface area contributed by atoms with Crippen molar-refractivity contribution in [3.63, 3.8) is 0 Å². The first-order chi connectivity index (χ1) is 6.84. The van der Waals surface area contributed by atoms with E-state index in [9.17, 15) is 0 Å². The summed E-state index contributed by atoms with van der Waals surface area (Å²) in [6.07, 6.45) is 5.63. The van der Waals surface area contributed by atoms with Crippen LogP contribution in [0.15, 0.2) is 41.1 Å². The maximum absolute atomic E-state index is 4.19. The van der Waals surface area contributed by atoms with Crippen LogP contribution in [0.4, 0.5) is 0 Å². The summed E-state index contributed by atoms with van der Waals surface area (Å²) in [4.78, 5) is 7.29. The predicted octanol–water partition coefficient (Wildman–Crippen LogP) is 2.96. The minimum absolute atomic E-state index is 0.962. The molecule has 0 saturated carbocycles. The molecule has 0 saturated heterocycles. The zero-order chi connectivity index (χ0) is 9.80. The van der Waals surface area contributed by atoms with Gasteiger partial charge >= 0.3 is 0 Å². The molecule has 0 aliphatic carbocycles. The molecule has 1 N–H and O–H groups in total. The molecule has 0 radical (unpaired) electrons. The van der Waals surface area contributed by atoms with Gasteiger partial charge in [0.25, 0.3) is 0 Å². The lowest BCUT2D eigenvalue weighted by Crippen LogP contribution is -1.92. The van der Waals surface area contributed by atoms with Crippen LogP contribution in [0.2, 0.25) is 0 Å². The first kappa shape index (κ1) is 9.46. The molecule has 0 spiro atoms. The predicted molar refractivity (Wildman–Crippen MR) is 60.1 cm³/mol. The summed E-state index contributed by atoms with van der Waals surface area (Å²) in [5.74, 6) is 1.05. The van der Waals surface area contributed by atoms with Gasteiger partial charge in [0.2, 0.25) is 0 Å². The molecule has 14 heavy (non-hydrogen) atoms. The maximum Gasteiger partial charge on any atom is 0.106 e. The van der Waals surface area contributed by atoms with Crippen LogP contribution in [-0.4, -0.2) is 9.97 Å². The van der Waals surface area contributed by atoms with Crippen LogP contribution in [0.5, 0.6) is 0 Å². The fraction of sp³-hybridized carbons (Fsp3) is 0.182. The van der Waals surface area contributed by atoms with Gasteiger partial charge in [-0.3, -0.25) is 0 Å². The fourth-order valence-electron chi connectivity index (χ4n) is 1.39. The highest BCUT2D eigenvalue weighted by molar-refractivity contribution is 9.10. The number of imidazole rings is 1. The van der Waals surface area contributed by atoms with Crippen LogP contribution >= 0.6 is 15.9 Å². The Morgan fingerprint density at radius 1 is 1.29 bits per heavy atom. The Kier molecular flexibility index (Phi) is 2.99. The smallest absolute Gasteiger partial charge is 0.106 e. The number of benzene rings is 1. The van der Waals surface area contributed by atoms with Crippen molar-refractivity contribution in [2.45, 2.75) is 12.8 Å².